The van der Waals surface area contributed by atoms with E-state index < -0.39 is 12.1 Å². The lowest BCUT2D eigenvalue weighted by Crippen LogP contribution is -2.47. The quantitative estimate of drug-likeness (QED) is 0.248. The van der Waals surface area contributed by atoms with Crippen molar-refractivity contribution in [3.8, 4) is 33.6 Å². The molecule has 3 atom stereocenters. The van der Waals surface area contributed by atoms with Gasteiger partial charge >= 0.3 is 6.09 Å². The third kappa shape index (κ3) is 5.35. The molecule has 6 rings (SSSR count). The lowest BCUT2D eigenvalue weighted by atomic mass is 10.0. The number of aromatic nitrogens is 4. The summed E-state index contributed by atoms with van der Waals surface area (Å²) in [5, 5.41) is 12.8. The molecule has 2 aromatic heterocycles. The smallest absolute Gasteiger partial charge is 0.407 e. The second-order valence-electron chi connectivity index (χ2n) is 10.9. The Bertz CT molecular complexity index is 1520. The average molecular weight is 554 g/mol. The van der Waals surface area contributed by atoms with Crippen molar-refractivity contribution in [3.63, 3.8) is 0 Å². The molecule has 4 aromatic rings. The van der Waals surface area contributed by atoms with Crippen LogP contribution in [0, 0.1) is 0 Å². The number of imidazole rings is 2. The Morgan fingerprint density at radius 3 is 2.00 bits per heavy atom. The fourth-order valence-electron chi connectivity index (χ4n) is 5.80. The Labute approximate surface area is 238 Å². The fourth-order valence-corrected chi connectivity index (χ4v) is 5.80. The number of carbonyl (C=O) groups excluding carboxylic acids is 1. The zero-order valence-corrected chi connectivity index (χ0v) is 23.3. The molecule has 0 spiro atoms. The molecule has 10 nitrogen and oxygen atoms in total. The second kappa shape index (κ2) is 11.2. The van der Waals surface area contributed by atoms with Crippen LogP contribution in [-0.2, 0) is 4.79 Å². The van der Waals surface area contributed by atoms with Crippen LogP contribution in [0.1, 0.15) is 56.3 Å². The molecule has 0 saturated carbocycles. The van der Waals surface area contributed by atoms with Crippen LogP contribution in [0.2, 0.25) is 0 Å². The first kappa shape index (κ1) is 26.8. The molecule has 2 amide bonds. The van der Waals surface area contributed by atoms with E-state index in [0.717, 1.165) is 76.0 Å². The number of nitrogens with one attached hydrogen (secondary N) is 3. The minimum atomic E-state index is -1.12. The number of hydrogen-bond acceptors (Lipinski definition) is 5. The number of amides is 2. The van der Waals surface area contributed by atoms with E-state index in [1.165, 1.54) is 13.5 Å². The minimum absolute atomic E-state index is 0.195. The van der Waals surface area contributed by atoms with Crippen molar-refractivity contribution in [1.29, 1.82) is 0 Å². The molecule has 0 radical (unpaired) electrons. The van der Waals surface area contributed by atoms with E-state index in [-0.39, 0.29) is 11.9 Å². The van der Waals surface area contributed by atoms with E-state index in [0.29, 0.717) is 12.6 Å². The molecule has 10 heteroatoms. The van der Waals surface area contributed by atoms with Crippen LogP contribution >= 0.6 is 0 Å². The number of carboxylic acid groups (broad SMARTS) is 1. The van der Waals surface area contributed by atoms with Gasteiger partial charge in [-0.15, -0.1) is 0 Å². The van der Waals surface area contributed by atoms with Crippen molar-refractivity contribution in [1.82, 2.24) is 35.1 Å². The highest BCUT2D eigenvalue weighted by Crippen LogP contribution is 2.33. The Kier molecular flexibility index (Phi) is 7.32. The standard InChI is InChI=1S/C31H35N7O3/c1-19(37(2)31(40)41)30(39)38-16-4-6-27(38)29-34-18-26(36-29)23-13-9-21(10-14-23)20-7-11-22(12-8-20)25-17-33-28(35-25)24-5-3-15-32-24/h7-14,17-19,24,27,32H,3-6,15-16H2,1-2H3,(H,33,35)(H,34,36)(H,40,41)/t19-,24-,27-/m0/s1. The number of benzene rings is 2. The van der Waals surface area contributed by atoms with Crippen LogP contribution in [0.4, 0.5) is 4.79 Å². The molecule has 0 bridgehead atoms. The van der Waals surface area contributed by atoms with E-state index in [2.05, 4.69) is 73.8 Å². The van der Waals surface area contributed by atoms with E-state index in [9.17, 15) is 14.7 Å². The summed E-state index contributed by atoms with van der Waals surface area (Å²) in [5.74, 6) is 1.53. The van der Waals surface area contributed by atoms with Crippen LogP contribution in [0.15, 0.2) is 60.9 Å². The van der Waals surface area contributed by atoms with Crippen molar-refractivity contribution >= 4 is 12.0 Å². The molecule has 2 aliphatic rings. The lowest BCUT2D eigenvalue weighted by molar-refractivity contribution is -0.136. The normalized spacial score (nSPS) is 19.4. The number of hydrogen-bond donors (Lipinski definition) is 4. The lowest BCUT2D eigenvalue weighted by Gasteiger charge is -2.29. The summed E-state index contributed by atoms with van der Waals surface area (Å²) >= 11 is 0. The van der Waals surface area contributed by atoms with Gasteiger partial charge in [0.05, 0.1) is 35.9 Å². The average Bonchev–Trinajstić information content (AvgIpc) is 3.82. The van der Waals surface area contributed by atoms with Gasteiger partial charge in [-0.25, -0.2) is 14.8 Å². The van der Waals surface area contributed by atoms with E-state index in [1.807, 2.05) is 6.20 Å². The van der Waals surface area contributed by atoms with Crippen LogP contribution < -0.4 is 5.32 Å². The van der Waals surface area contributed by atoms with Gasteiger partial charge in [-0.1, -0.05) is 48.5 Å². The minimum Gasteiger partial charge on any atom is -0.465 e. The van der Waals surface area contributed by atoms with Crippen molar-refractivity contribution < 1.29 is 14.7 Å². The number of likely N-dealkylation sites (tertiary alicyclic amines) is 1. The highest BCUT2D eigenvalue weighted by molar-refractivity contribution is 5.85. The highest BCUT2D eigenvalue weighted by Gasteiger charge is 2.36. The Morgan fingerprint density at radius 2 is 1.44 bits per heavy atom. The van der Waals surface area contributed by atoms with Gasteiger partial charge in [0.25, 0.3) is 0 Å². The van der Waals surface area contributed by atoms with Crippen LogP contribution in [0.3, 0.4) is 0 Å². The number of H-pyrrole nitrogens is 2. The number of likely N-dealkylation sites (N-methyl/N-ethyl adjacent to an activating group) is 1. The molecule has 0 aliphatic carbocycles. The SMILES string of the molecule is C[C@@H](C(=O)N1CCC[C@H]1c1ncc(-c2ccc(-c3ccc(-c4cnc([C@@H]5CCCN5)[nH]4)cc3)cc2)[nH]1)N(C)C(=O)O. The maximum absolute atomic E-state index is 13.1. The summed E-state index contributed by atoms with van der Waals surface area (Å²) in [6, 6.07) is 16.2. The summed E-state index contributed by atoms with van der Waals surface area (Å²) in [7, 11) is 1.42. The van der Waals surface area contributed by atoms with Crippen molar-refractivity contribution in [2.75, 3.05) is 20.1 Å². The fraction of sp³-hybridized carbons (Fsp3) is 0.355. The Balaban J connectivity index is 1.13. The molecule has 4 heterocycles. The van der Waals surface area contributed by atoms with Crippen LogP contribution in [0.25, 0.3) is 33.6 Å². The van der Waals surface area contributed by atoms with Gasteiger partial charge < -0.3 is 25.3 Å². The molecular formula is C31H35N7O3. The number of nitrogens with zero attached hydrogens (tertiary/aromatic N) is 4. The number of rotatable bonds is 7. The molecule has 2 aromatic carbocycles. The maximum atomic E-state index is 13.1. The molecule has 2 aliphatic heterocycles. The van der Waals surface area contributed by atoms with E-state index in [4.69, 9.17) is 0 Å². The number of aromatic amines is 2. The summed E-state index contributed by atoms with van der Waals surface area (Å²) in [6.45, 7) is 3.25. The number of carbonyl (C=O) groups is 2. The molecular weight excluding hydrogens is 518 g/mol. The molecule has 0 unspecified atom stereocenters. The van der Waals surface area contributed by atoms with Crippen molar-refractivity contribution in [3.05, 3.63) is 72.6 Å². The molecule has 2 saturated heterocycles. The predicted molar refractivity (Wildman–Crippen MR) is 156 cm³/mol. The summed E-state index contributed by atoms with van der Waals surface area (Å²) < 4.78 is 0. The Morgan fingerprint density at radius 1 is 0.878 bits per heavy atom. The maximum Gasteiger partial charge on any atom is 0.407 e. The van der Waals surface area contributed by atoms with Gasteiger partial charge in [-0.05, 0) is 61.4 Å². The third-order valence-electron chi connectivity index (χ3n) is 8.40. The zero-order chi connectivity index (χ0) is 28.5. The Hall–Kier alpha value is -4.44. The topological polar surface area (TPSA) is 130 Å². The summed E-state index contributed by atoms with van der Waals surface area (Å²) in [5.41, 5.74) is 6.26. The van der Waals surface area contributed by atoms with Crippen LogP contribution in [0.5, 0.6) is 0 Å². The molecule has 41 heavy (non-hydrogen) atoms. The predicted octanol–water partition coefficient (Wildman–Crippen LogP) is 5.22. The monoisotopic (exact) mass is 553 g/mol. The van der Waals surface area contributed by atoms with Gasteiger partial charge in [-0.3, -0.25) is 9.69 Å². The zero-order valence-electron chi connectivity index (χ0n) is 23.3. The largest absolute Gasteiger partial charge is 0.465 e. The van der Waals surface area contributed by atoms with Crippen molar-refractivity contribution in [2.24, 2.45) is 0 Å². The van der Waals surface area contributed by atoms with Gasteiger partial charge in [0.15, 0.2) is 0 Å². The van der Waals surface area contributed by atoms with Crippen LogP contribution in [-0.4, -0.2) is 73.0 Å². The third-order valence-corrected chi connectivity index (χ3v) is 8.40. The van der Waals surface area contributed by atoms with E-state index in [1.54, 1.807) is 18.0 Å². The first-order valence-corrected chi connectivity index (χ1v) is 14.2. The van der Waals surface area contributed by atoms with Crippen molar-refractivity contribution in [2.45, 2.75) is 50.7 Å². The molecule has 2 fully saturated rings. The first-order chi connectivity index (χ1) is 19.9. The van der Waals surface area contributed by atoms with Gasteiger partial charge in [0.1, 0.15) is 17.7 Å². The van der Waals surface area contributed by atoms with Gasteiger partial charge in [0, 0.05) is 13.6 Å². The molecule has 4 N–H and O–H groups in total. The summed E-state index contributed by atoms with van der Waals surface area (Å²) in [4.78, 5) is 43.2. The van der Waals surface area contributed by atoms with Gasteiger partial charge in [0.2, 0.25) is 5.91 Å². The van der Waals surface area contributed by atoms with Gasteiger partial charge in [-0.2, -0.15) is 0 Å². The first-order valence-electron chi connectivity index (χ1n) is 14.2. The molecule has 212 valence electrons. The highest BCUT2D eigenvalue weighted by atomic mass is 16.4. The second-order valence-corrected chi connectivity index (χ2v) is 10.9. The van der Waals surface area contributed by atoms with E-state index >= 15 is 0 Å². The summed E-state index contributed by atoms with van der Waals surface area (Å²) in [6.07, 6.45) is 6.53.